The summed E-state index contributed by atoms with van der Waals surface area (Å²) < 4.78 is 10.5. The molecule has 0 radical (unpaired) electrons. The predicted octanol–water partition coefficient (Wildman–Crippen LogP) is 2.64. The first-order chi connectivity index (χ1) is 13.5. The van der Waals surface area contributed by atoms with Crippen molar-refractivity contribution in [3.05, 3.63) is 59.7 Å². The largest absolute Gasteiger partial charge is 0.497 e. The van der Waals surface area contributed by atoms with Crippen LogP contribution in [-0.2, 0) is 16.1 Å². The van der Waals surface area contributed by atoms with Crippen LogP contribution in [0.2, 0.25) is 0 Å². The van der Waals surface area contributed by atoms with Crippen molar-refractivity contribution in [2.75, 3.05) is 14.2 Å². The van der Waals surface area contributed by atoms with Crippen molar-refractivity contribution in [2.24, 2.45) is 5.10 Å². The minimum absolute atomic E-state index is 0.0527. The van der Waals surface area contributed by atoms with Crippen LogP contribution in [0.4, 0.5) is 0 Å². The molecule has 7 nitrogen and oxygen atoms in total. The van der Waals surface area contributed by atoms with Crippen molar-refractivity contribution in [3.8, 4) is 11.5 Å². The molecule has 0 heterocycles. The Kier molecular flexibility index (Phi) is 8.02. The summed E-state index contributed by atoms with van der Waals surface area (Å²) in [4.78, 5) is 23.8. The zero-order valence-electron chi connectivity index (χ0n) is 16.3. The zero-order chi connectivity index (χ0) is 20.4. The van der Waals surface area contributed by atoms with Gasteiger partial charge >= 0.3 is 0 Å². The summed E-state index contributed by atoms with van der Waals surface area (Å²) in [5.41, 5.74) is 4.81. The Labute approximate surface area is 164 Å². The van der Waals surface area contributed by atoms with Gasteiger partial charge in [0.05, 0.1) is 19.9 Å². The summed E-state index contributed by atoms with van der Waals surface area (Å²) in [6, 6.07) is 14.9. The number of ether oxygens (including phenoxy) is 2. The fourth-order valence-corrected chi connectivity index (χ4v) is 2.47. The highest BCUT2D eigenvalue weighted by Crippen LogP contribution is 2.25. The summed E-state index contributed by atoms with van der Waals surface area (Å²) in [5.74, 6) is 0.743. The van der Waals surface area contributed by atoms with Gasteiger partial charge in [0, 0.05) is 31.0 Å². The molecule has 0 aromatic heterocycles. The molecule has 0 bridgehead atoms. The molecule has 2 rings (SSSR count). The molecule has 0 fully saturated rings. The number of nitrogens with one attached hydrogen (secondary N) is 2. The van der Waals surface area contributed by atoms with Gasteiger partial charge in [0.2, 0.25) is 11.8 Å². The molecule has 0 spiro atoms. The van der Waals surface area contributed by atoms with E-state index >= 15 is 0 Å². The van der Waals surface area contributed by atoms with Gasteiger partial charge in [-0.3, -0.25) is 9.59 Å². The van der Waals surface area contributed by atoms with Crippen LogP contribution >= 0.6 is 0 Å². The number of hydrogen-bond donors (Lipinski definition) is 2. The quantitative estimate of drug-likeness (QED) is 0.515. The Bertz CT molecular complexity index is 835. The Balaban J connectivity index is 1.81. The molecule has 0 aliphatic heterocycles. The Morgan fingerprint density at radius 1 is 0.964 bits per heavy atom. The third kappa shape index (κ3) is 6.42. The maximum absolute atomic E-state index is 12.0. The van der Waals surface area contributed by atoms with Crippen LogP contribution < -0.4 is 20.2 Å². The van der Waals surface area contributed by atoms with Gasteiger partial charge in [-0.1, -0.05) is 30.3 Å². The van der Waals surface area contributed by atoms with Crippen LogP contribution in [0.15, 0.2) is 53.6 Å². The van der Waals surface area contributed by atoms with Gasteiger partial charge in [-0.25, -0.2) is 5.43 Å². The number of hydrazone groups is 1. The lowest BCUT2D eigenvalue weighted by Crippen LogP contribution is -2.26. The number of rotatable bonds is 9. The molecular formula is C21H25N3O4. The molecule has 0 aliphatic rings. The van der Waals surface area contributed by atoms with Gasteiger partial charge in [0.15, 0.2) is 0 Å². The highest BCUT2D eigenvalue weighted by atomic mass is 16.5. The molecule has 2 aromatic rings. The molecule has 2 N–H and O–H groups in total. The van der Waals surface area contributed by atoms with Crippen molar-refractivity contribution in [3.63, 3.8) is 0 Å². The second-order valence-corrected chi connectivity index (χ2v) is 6.06. The Hall–Kier alpha value is -3.35. The van der Waals surface area contributed by atoms with E-state index in [1.807, 2.05) is 30.3 Å². The fraction of sp³-hybridized carbons (Fsp3) is 0.286. The molecule has 0 aliphatic carbocycles. The average molecular weight is 383 g/mol. The second kappa shape index (κ2) is 10.7. The SMILES string of the molecule is COc1ccc(/C(C)=N/NC(=O)CCC(=O)NCc2ccccc2)c(OC)c1. The number of carbonyl (C=O) groups is 2. The number of nitrogens with zero attached hydrogens (tertiary/aromatic N) is 1. The van der Waals surface area contributed by atoms with Crippen molar-refractivity contribution in [1.82, 2.24) is 10.7 Å². The number of hydrogen-bond acceptors (Lipinski definition) is 5. The maximum atomic E-state index is 12.0. The molecule has 2 amide bonds. The first-order valence-electron chi connectivity index (χ1n) is 8.89. The molecular weight excluding hydrogens is 358 g/mol. The molecule has 0 unspecified atom stereocenters. The summed E-state index contributed by atoms with van der Waals surface area (Å²) in [7, 11) is 3.13. The molecule has 28 heavy (non-hydrogen) atoms. The minimum atomic E-state index is -0.332. The predicted molar refractivity (Wildman–Crippen MR) is 107 cm³/mol. The van der Waals surface area contributed by atoms with E-state index in [1.54, 1.807) is 39.3 Å². The lowest BCUT2D eigenvalue weighted by Gasteiger charge is -2.10. The van der Waals surface area contributed by atoms with E-state index in [2.05, 4.69) is 15.8 Å². The monoisotopic (exact) mass is 383 g/mol. The molecule has 0 atom stereocenters. The van der Waals surface area contributed by atoms with Crippen LogP contribution in [0.3, 0.4) is 0 Å². The molecule has 0 saturated carbocycles. The smallest absolute Gasteiger partial charge is 0.240 e. The van der Waals surface area contributed by atoms with E-state index in [9.17, 15) is 9.59 Å². The van der Waals surface area contributed by atoms with E-state index in [-0.39, 0.29) is 24.7 Å². The average Bonchev–Trinajstić information content (AvgIpc) is 2.74. The Morgan fingerprint density at radius 3 is 2.36 bits per heavy atom. The summed E-state index contributed by atoms with van der Waals surface area (Å²) in [6.45, 7) is 2.20. The van der Waals surface area contributed by atoms with Crippen molar-refractivity contribution in [1.29, 1.82) is 0 Å². The van der Waals surface area contributed by atoms with Crippen LogP contribution in [-0.4, -0.2) is 31.7 Å². The van der Waals surface area contributed by atoms with Gasteiger partial charge in [-0.15, -0.1) is 0 Å². The summed E-state index contributed by atoms with van der Waals surface area (Å²) in [6.07, 6.45) is 0.149. The third-order valence-corrected chi connectivity index (χ3v) is 4.06. The summed E-state index contributed by atoms with van der Waals surface area (Å²) in [5, 5.41) is 6.88. The Morgan fingerprint density at radius 2 is 1.68 bits per heavy atom. The molecule has 7 heteroatoms. The van der Waals surface area contributed by atoms with Crippen LogP contribution in [0, 0.1) is 0 Å². The number of benzene rings is 2. The highest BCUT2D eigenvalue weighted by molar-refractivity contribution is 6.01. The second-order valence-electron chi connectivity index (χ2n) is 6.06. The lowest BCUT2D eigenvalue weighted by atomic mass is 10.1. The van der Waals surface area contributed by atoms with Gasteiger partial charge < -0.3 is 14.8 Å². The van der Waals surface area contributed by atoms with E-state index in [0.29, 0.717) is 23.8 Å². The maximum Gasteiger partial charge on any atom is 0.240 e. The highest BCUT2D eigenvalue weighted by Gasteiger charge is 2.10. The van der Waals surface area contributed by atoms with E-state index in [1.165, 1.54) is 0 Å². The lowest BCUT2D eigenvalue weighted by molar-refractivity contribution is -0.126. The zero-order valence-corrected chi connectivity index (χ0v) is 16.3. The molecule has 148 valence electrons. The molecule has 0 saturated heterocycles. The van der Waals surface area contributed by atoms with Crippen molar-refractivity contribution in [2.45, 2.75) is 26.3 Å². The minimum Gasteiger partial charge on any atom is -0.497 e. The first-order valence-corrected chi connectivity index (χ1v) is 8.89. The van der Waals surface area contributed by atoms with Crippen LogP contribution in [0.1, 0.15) is 30.9 Å². The standard InChI is InChI=1S/C21H25N3O4/c1-15(18-10-9-17(27-2)13-19(18)28-3)23-24-21(26)12-11-20(25)22-14-16-7-5-4-6-8-16/h4-10,13H,11-12,14H2,1-3H3,(H,22,25)(H,24,26)/b23-15+. The topological polar surface area (TPSA) is 89.0 Å². The third-order valence-electron chi connectivity index (χ3n) is 4.06. The van der Waals surface area contributed by atoms with Crippen molar-refractivity contribution < 1.29 is 19.1 Å². The summed E-state index contributed by atoms with van der Waals surface area (Å²) >= 11 is 0. The number of amides is 2. The molecule has 2 aromatic carbocycles. The normalized spacial score (nSPS) is 10.9. The van der Waals surface area contributed by atoms with Crippen molar-refractivity contribution >= 4 is 17.5 Å². The van der Waals surface area contributed by atoms with Crippen LogP contribution in [0.25, 0.3) is 0 Å². The van der Waals surface area contributed by atoms with E-state index < -0.39 is 0 Å². The van der Waals surface area contributed by atoms with E-state index in [0.717, 1.165) is 11.1 Å². The van der Waals surface area contributed by atoms with Gasteiger partial charge in [0.1, 0.15) is 11.5 Å². The van der Waals surface area contributed by atoms with Gasteiger partial charge in [-0.05, 0) is 24.6 Å². The van der Waals surface area contributed by atoms with Crippen LogP contribution in [0.5, 0.6) is 11.5 Å². The fourth-order valence-electron chi connectivity index (χ4n) is 2.47. The van der Waals surface area contributed by atoms with Gasteiger partial charge in [0.25, 0.3) is 0 Å². The number of methoxy groups -OCH3 is 2. The van der Waals surface area contributed by atoms with Gasteiger partial charge in [-0.2, -0.15) is 5.10 Å². The van der Waals surface area contributed by atoms with E-state index in [4.69, 9.17) is 9.47 Å². The number of carbonyl (C=O) groups excluding carboxylic acids is 2. The first kappa shape index (κ1) is 21.0.